The van der Waals surface area contributed by atoms with Gasteiger partial charge < -0.3 is 19.5 Å². The number of anilines is 1. The fourth-order valence-electron chi connectivity index (χ4n) is 2.63. The van der Waals surface area contributed by atoms with Gasteiger partial charge in [0.05, 0.1) is 21.3 Å². The molecule has 1 aromatic heterocycles. The zero-order valence-electron chi connectivity index (χ0n) is 15.4. The minimum absolute atomic E-state index is 0.317. The van der Waals surface area contributed by atoms with Crippen LogP contribution in [-0.2, 0) is 7.05 Å². The molecule has 0 spiro atoms. The number of amides is 1. The second kappa shape index (κ2) is 7.73. The first kappa shape index (κ1) is 18.2. The number of nitrogens with zero attached hydrogens (tertiary/aromatic N) is 4. The number of methoxy groups -OCH3 is 3. The zero-order valence-corrected chi connectivity index (χ0v) is 15.4. The fourth-order valence-corrected chi connectivity index (χ4v) is 2.63. The maximum Gasteiger partial charge on any atom is 0.255 e. The number of tetrazole rings is 1. The van der Waals surface area contributed by atoms with Crippen molar-refractivity contribution in [3.8, 4) is 28.6 Å². The highest BCUT2D eigenvalue weighted by molar-refractivity contribution is 6.05. The molecule has 0 radical (unpaired) electrons. The van der Waals surface area contributed by atoms with E-state index in [-0.39, 0.29) is 5.91 Å². The van der Waals surface area contributed by atoms with E-state index < -0.39 is 0 Å². The van der Waals surface area contributed by atoms with E-state index in [0.29, 0.717) is 34.3 Å². The number of nitrogens with one attached hydrogen (secondary N) is 1. The average molecular weight is 369 g/mol. The quantitative estimate of drug-likeness (QED) is 0.710. The van der Waals surface area contributed by atoms with Gasteiger partial charge >= 0.3 is 0 Å². The topological polar surface area (TPSA) is 100 Å². The summed E-state index contributed by atoms with van der Waals surface area (Å²) >= 11 is 0. The number of hydrogen-bond acceptors (Lipinski definition) is 7. The van der Waals surface area contributed by atoms with Gasteiger partial charge in [0.15, 0.2) is 17.3 Å². The van der Waals surface area contributed by atoms with Crippen molar-refractivity contribution in [1.29, 1.82) is 0 Å². The van der Waals surface area contributed by atoms with Gasteiger partial charge in [0.1, 0.15) is 0 Å². The fraction of sp³-hybridized carbons (Fsp3) is 0.222. The van der Waals surface area contributed by atoms with Crippen LogP contribution >= 0.6 is 0 Å². The second-order valence-corrected chi connectivity index (χ2v) is 5.58. The van der Waals surface area contributed by atoms with E-state index >= 15 is 0 Å². The molecule has 0 aliphatic rings. The SMILES string of the molecule is COc1cc(C(=O)Nc2cccc(-c3nnnn3C)c2)cc(OC)c1OC. The lowest BCUT2D eigenvalue weighted by Crippen LogP contribution is -2.12. The maximum absolute atomic E-state index is 12.7. The van der Waals surface area contributed by atoms with Crippen molar-refractivity contribution in [3.63, 3.8) is 0 Å². The van der Waals surface area contributed by atoms with Crippen molar-refractivity contribution >= 4 is 11.6 Å². The van der Waals surface area contributed by atoms with Gasteiger partial charge in [-0.25, -0.2) is 4.68 Å². The largest absolute Gasteiger partial charge is 0.493 e. The number of carbonyl (C=O) groups is 1. The highest BCUT2D eigenvalue weighted by Gasteiger charge is 2.17. The molecule has 0 bridgehead atoms. The number of benzene rings is 2. The van der Waals surface area contributed by atoms with Crippen molar-refractivity contribution in [2.45, 2.75) is 0 Å². The van der Waals surface area contributed by atoms with Gasteiger partial charge in [-0.15, -0.1) is 5.10 Å². The van der Waals surface area contributed by atoms with Crippen LogP contribution in [0.15, 0.2) is 36.4 Å². The van der Waals surface area contributed by atoms with Crippen LogP contribution in [0.1, 0.15) is 10.4 Å². The smallest absolute Gasteiger partial charge is 0.255 e. The second-order valence-electron chi connectivity index (χ2n) is 5.58. The predicted molar refractivity (Wildman–Crippen MR) is 98.3 cm³/mol. The molecule has 27 heavy (non-hydrogen) atoms. The molecule has 9 heteroatoms. The van der Waals surface area contributed by atoms with Crippen molar-refractivity contribution in [2.75, 3.05) is 26.6 Å². The lowest BCUT2D eigenvalue weighted by atomic mass is 10.1. The van der Waals surface area contributed by atoms with Crippen LogP contribution in [0.3, 0.4) is 0 Å². The van der Waals surface area contributed by atoms with Gasteiger partial charge in [-0.2, -0.15) is 0 Å². The predicted octanol–water partition coefficient (Wildman–Crippen LogP) is 2.16. The molecule has 1 amide bonds. The molecule has 0 atom stereocenters. The van der Waals surface area contributed by atoms with Gasteiger partial charge in [-0.05, 0) is 34.7 Å². The Kier molecular flexibility index (Phi) is 5.20. The van der Waals surface area contributed by atoms with Crippen molar-refractivity contribution in [3.05, 3.63) is 42.0 Å². The van der Waals surface area contributed by atoms with Crippen LogP contribution in [0.4, 0.5) is 5.69 Å². The summed E-state index contributed by atoms with van der Waals surface area (Å²) in [6, 6.07) is 10.4. The van der Waals surface area contributed by atoms with Gasteiger partial charge in [0.2, 0.25) is 5.75 Å². The molecule has 3 rings (SSSR count). The molecule has 0 fully saturated rings. The number of rotatable bonds is 6. The van der Waals surface area contributed by atoms with Gasteiger partial charge in [0, 0.05) is 23.9 Å². The van der Waals surface area contributed by atoms with Gasteiger partial charge in [-0.3, -0.25) is 4.79 Å². The molecule has 0 saturated carbocycles. The zero-order chi connectivity index (χ0) is 19.4. The van der Waals surface area contributed by atoms with Crippen LogP contribution < -0.4 is 19.5 Å². The molecule has 0 aliphatic heterocycles. The molecular formula is C18H19N5O4. The van der Waals surface area contributed by atoms with E-state index in [1.807, 2.05) is 12.1 Å². The lowest BCUT2D eigenvalue weighted by Gasteiger charge is -2.14. The highest BCUT2D eigenvalue weighted by Crippen LogP contribution is 2.38. The van der Waals surface area contributed by atoms with Crippen molar-refractivity contribution < 1.29 is 19.0 Å². The van der Waals surface area contributed by atoms with Crippen LogP contribution in [0.25, 0.3) is 11.4 Å². The third-order valence-electron chi connectivity index (χ3n) is 3.93. The molecule has 9 nitrogen and oxygen atoms in total. The molecule has 0 unspecified atom stereocenters. The first-order chi connectivity index (χ1) is 13.1. The summed E-state index contributed by atoms with van der Waals surface area (Å²) in [6.07, 6.45) is 0. The summed E-state index contributed by atoms with van der Waals surface area (Å²) in [5.41, 5.74) is 1.76. The Labute approximate surface area is 155 Å². The molecule has 2 aromatic carbocycles. The summed E-state index contributed by atoms with van der Waals surface area (Å²) in [4.78, 5) is 12.7. The Morgan fingerprint density at radius 1 is 1.04 bits per heavy atom. The molecule has 1 N–H and O–H groups in total. The van der Waals surface area contributed by atoms with Crippen LogP contribution in [0.5, 0.6) is 17.2 Å². The third kappa shape index (κ3) is 3.66. The third-order valence-corrected chi connectivity index (χ3v) is 3.93. The first-order valence-corrected chi connectivity index (χ1v) is 8.01. The highest BCUT2D eigenvalue weighted by atomic mass is 16.5. The Morgan fingerprint density at radius 2 is 1.74 bits per heavy atom. The maximum atomic E-state index is 12.7. The van der Waals surface area contributed by atoms with E-state index in [4.69, 9.17) is 14.2 Å². The van der Waals surface area contributed by atoms with Gasteiger partial charge in [-0.1, -0.05) is 12.1 Å². The summed E-state index contributed by atoms with van der Waals surface area (Å²) in [5.74, 6) is 1.51. The summed E-state index contributed by atoms with van der Waals surface area (Å²) < 4.78 is 17.4. The average Bonchev–Trinajstić information content (AvgIpc) is 3.12. The Hall–Kier alpha value is -3.62. The minimum Gasteiger partial charge on any atom is -0.493 e. The molecule has 1 heterocycles. The Bertz CT molecular complexity index is 945. The Balaban J connectivity index is 1.89. The summed E-state index contributed by atoms with van der Waals surface area (Å²) in [5, 5.41) is 14.3. The van der Waals surface area contributed by atoms with E-state index in [1.54, 1.807) is 36.0 Å². The number of hydrogen-bond donors (Lipinski definition) is 1. The van der Waals surface area contributed by atoms with Gasteiger partial charge in [0.25, 0.3) is 5.91 Å². The Morgan fingerprint density at radius 3 is 2.30 bits per heavy atom. The van der Waals surface area contributed by atoms with Crippen LogP contribution in [-0.4, -0.2) is 47.4 Å². The first-order valence-electron chi connectivity index (χ1n) is 8.01. The van der Waals surface area contributed by atoms with Crippen LogP contribution in [0.2, 0.25) is 0 Å². The molecule has 0 saturated heterocycles. The molecular weight excluding hydrogens is 350 g/mol. The summed E-state index contributed by atoms with van der Waals surface area (Å²) in [7, 11) is 6.25. The summed E-state index contributed by atoms with van der Waals surface area (Å²) in [6.45, 7) is 0. The number of aryl methyl sites for hydroxylation is 1. The molecule has 3 aromatic rings. The van der Waals surface area contributed by atoms with E-state index in [2.05, 4.69) is 20.8 Å². The van der Waals surface area contributed by atoms with E-state index in [1.165, 1.54) is 21.3 Å². The van der Waals surface area contributed by atoms with Crippen LogP contribution in [0, 0.1) is 0 Å². The number of ether oxygens (including phenoxy) is 3. The number of carbonyl (C=O) groups excluding carboxylic acids is 1. The lowest BCUT2D eigenvalue weighted by molar-refractivity contribution is 0.102. The van der Waals surface area contributed by atoms with Crippen molar-refractivity contribution in [2.24, 2.45) is 7.05 Å². The molecule has 140 valence electrons. The van der Waals surface area contributed by atoms with Crippen molar-refractivity contribution in [1.82, 2.24) is 20.2 Å². The minimum atomic E-state index is -0.317. The number of aromatic nitrogens is 4. The molecule has 0 aliphatic carbocycles. The normalized spacial score (nSPS) is 10.4. The monoisotopic (exact) mass is 369 g/mol. The standard InChI is InChI=1S/C18H19N5O4/c1-23-17(20-21-22-23)11-6-5-7-13(8-11)19-18(24)12-9-14(25-2)16(27-4)15(10-12)26-3/h5-10H,1-4H3,(H,19,24). The van der Waals surface area contributed by atoms with E-state index in [9.17, 15) is 4.79 Å². The van der Waals surface area contributed by atoms with E-state index in [0.717, 1.165) is 5.56 Å².